The van der Waals surface area contributed by atoms with Crippen LogP contribution in [0.25, 0.3) is 0 Å². The largest absolute Gasteiger partial charge is 2.00 e. The van der Waals surface area contributed by atoms with Gasteiger partial charge in [0.05, 0.1) is 0 Å². The van der Waals surface area contributed by atoms with E-state index in [0.29, 0.717) is 0 Å². The van der Waals surface area contributed by atoms with Crippen molar-refractivity contribution in [2.45, 2.75) is 4.90 Å². The van der Waals surface area contributed by atoms with Gasteiger partial charge in [0, 0.05) is 5.90 Å². The zero-order valence-corrected chi connectivity index (χ0v) is 26.5. The molecule has 1 aliphatic carbocycles. The van der Waals surface area contributed by atoms with Crippen molar-refractivity contribution < 1.29 is 19.5 Å². The predicted molar refractivity (Wildman–Crippen MR) is 177 cm³/mol. The maximum absolute atomic E-state index is 4.81. The zero-order valence-electron chi connectivity index (χ0n) is 22.2. The molecule has 5 aromatic carbocycles. The van der Waals surface area contributed by atoms with E-state index >= 15 is 0 Å². The first-order chi connectivity index (χ1) is 19.3. The van der Waals surface area contributed by atoms with E-state index in [4.69, 9.17) is 12.6 Å². The van der Waals surface area contributed by atoms with Crippen molar-refractivity contribution in [1.29, 1.82) is 0 Å². The standard InChI is InChI=1S/C25H22P2.C6H6S.C5H5.Ru/c1-5-13-22(14-6-1)26(23-15-7-2-8-16-23)21-27(24-17-9-3-10-18-24)25-19-11-4-12-20-25;7-6-4-2-1-3-5-6;1-2-4-5-3-1;/h1-20H,21H2;1-5,7H;1-5H;/q;;;+2/p-1. The Labute approximate surface area is 262 Å². The van der Waals surface area contributed by atoms with Crippen LogP contribution in [0.2, 0.25) is 0 Å². The molecule has 0 amide bonds. The van der Waals surface area contributed by atoms with Gasteiger partial charge < -0.3 is 12.6 Å². The number of benzene rings is 5. The Morgan fingerprint density at radius 1 is 0.350 bits per heavy atom. The third kappa shape index (κ3) is 11.0. The molecule has 40 heavy (non-hydrogen) atoms. The fourth-order valence-corrected chi connectivity index (χ4v) is 10.6. The molecule has 5 radical (unpaired) electrons. The minimum atomic E-state index is -0.409. The summed E-state index contributed by atoms with van der Waals surface area (Å²) < 4.78 is 0. The third-order valence-corrected chi connectivity index (χ3v) is 12.1. The number of rotatable bonds is 6. The molecular weight excluding hydrogens is 627 g/mol. The Hall–Kier alpha value is -2.20. The summed E-state index contributed by atoms with van der Waals surface area (Å²) in [6.45, 7) is 0. The number of hydrogen-bond donors (Lipinski definition) is 0. The molecule has 1 saturated carbocycles. The van der Waals surface area contributed by atoms with Gasteiger partial charge in [-0.05, 0) is 69.2 Å². The maximum atomic E-state index is 4.81. The smallest absolute Gasteiger partial charge is 0.780 e. The summed E-state index contributed by atoms with van der Waals surface area (Å²) in [7, 11) is -0.817. The normalized spacial score (nSPS) is 11.9. The van der Waals surface area contributed by atoms with Gasteiger partial charge in [0.2, 0.25) is 0 Å². The van der Waals surface area contributed by atoms with Gasteiger partial charge in [0.15, 0.2) is 0 Å². The molecule has 0 aliphatic heterocycles. The SMILES string of the molecule is [CH]1[CH][CH][CH][CH]1.[Ru+2].[S-]c1ccccc1.c1ccc(P(CP(c2ccccc2)c2ccccc2)c2ccccc2)cc1. The second-order valence-corrected chi connectivity index (χ2v) is 14.0. The molecule has 0 aromatic heterocycles. The molecule has 199 valence electrons. The van der Waals surface area contributed by atoms with Gasteiger partial charge in [-0.1, -0.05) is 152 Å². The Balaban J connectivity index is 0.000000280. The van der Waals surface area contributed by atoms with Crippen molar-refractivity contribution in [1.82, 2.24) is 0 Å². The molecule has 1 aliphatic rings. The minimum Gasteiger partial charge on any atom is -0.780 e. The van der Waals surface area contributed by atoms with Crippen molar-refractivity contribution >= 4 is 49.7 Å². The monoisotopic (exact) mass is 660 g/mol. The summed E-state index contributed by atoms with van der Waals surface area (Å²) in [5, 5.41) is 5.83. The second-order valence-electron chi connectivity index (χ2n) is 8.61. The Morgan fingerprint density at radius 3 is 0.775 bits per heavy atom. The molecule has 4 heteroatoms. The molecule has 0 bridgehead atoms. The van der Waals surface area contributed by atoms with Crippen molar-refractivity contribution in [2.75, 3.05) is 5.90 Å². The summed E-state index contributed by atoms with van der Waals surface area (Å²) in [5.74, 6) is 1.17. The summed E-state index contributed by atoms with van der Waals surface area (Å²) in [6.07, 6.45) is 10.0. The van der Waals surface area contributed by atoms with E-state index in [1.165, 1.54) is 27.1 Å². The van der Waals surface area contributed by atoms with Crippen LogP contribution in [-0.2, 0) is 32.1 Å². The molecule has 0 atom stereocenters. The fraction of sp³-hybridized carbons (Fsp3) is 0.0278. The number of hydrogen-bond acceptors (Lipinski definition) is 1. The summed E-state index contributed by atoms with van der Waals surface area (Å²) >= 11 is 4.81. The topological polar surface area (TPSA) is 0 Å². The van der Waals surface area contributed by atoms with Gasteiger partial charge in [-0.2, -0.15) is 4.90 Å². The molecule has 0 spiro atoms. The Morgan fingerprint density at radius 2 is 0.575 bits per heavy atom. The molecule has 5 aromatic rings. The Kier molecular flexibility index (Phi) is 15.4. The van der Waals surface area contributed by atoms with Crippen molar-refractivity contribution in [3.8, 4) is 0 Å². The second kappa shape index (κ2) is 19.0. The molecule has 0 nitrogen and oxygen atoms in total. The Bertz CT molecular complexity index is 1130. The zero-order chi connectivity index (χ0) is 27.0. The molecule has 0 saturated heterocycles. The average Bonchev–Trinajstić information content (AvgIpc) is 3.61. The van der Waals surface area contributed by atoms with E-state index in [2.05, 4.69) is 121 Å². The van der Waals surface area contributed by atoms with Gasteiger partial charge >= 0.3 is 19.5 Å². The first kappa shape index (κ1) is 32.3. The summed E-state index contributed by atoms with van der Waals surface area (Å²) in [6, 6.07) is 53.7. The first-order valence-corrected chi connectivity index (χ1v) is 16.4. The predicted octanol–water partition coefficient (Wildman–Crippen LogP) is 7.82. The van der Waals surface area contributed by atoms with E-state index in [-0.39, 0.29) is 19.5 Å². The molecular formula is C36H32P2RuS+. The van der Waals surface area contributed by atoms with Crippen LogP contribution in [0.4, 0.5) is 0 Å². The summed E-state index contributed by atoms with van der Waals surface area (Å²) in [5.41, 5.74) is 0. The molecule has 1 fully saturated rings. The van der Waals surface area contributed by atoms with E-state index in [1.54, 1.807) is 0 Å². The van der Waals surface area contributed by atoms with Crippen molar-refractivity contribution in [3.63, 3.8) is 0 Å². The minimum absolute atomic E-state index is 0. The third-order valence-electron chi connectivity index (χ3n) is 5.85. The van der Waals surface area contributed by atoms with E-state index < -0.39 is 15.8 Å². The van der Waals surface area contributed by atoms with Gasteiger partial charge in [-0.25, -0.2) is 0 Å². The van der Waals surface area contributed by atoms with Crippen LogP contribution in [0.3, 0.4) is 0 Å². The van der Waals surface area contributed by atoms with Crippen LogP contribution in [0.1, 0.15) is 0 Å². The first-order valence-electron chi connectivity index (χ1n) is 13.0. The van der Waals surface area contributed by atoms with Crippen LogP contribution >= 0.6 is 15.8 Å². The fourth-order valence-electron chi connectivity index (χ4n) is 3.94. The molecule has 0 unspecified atom stereocenters. The molecule has 6 rings (SSSR count). The maximum Gasteiger partial charge on any atom is 2.00 e. The van der Waals surface area contributed by atoms with Gasteiger partial charge in [-0.15, -0.1) is 0 Å². The van der Waals surface area contributed by atoms with E-state index in [0.717, 1.165) is 4.90 Å². The molecule has 0 heterocycles. The van der Waals surface area contributed by atoms with Crippen LogP contribution in [0.5, 0.6) is 0 Å². The van der Waals surface area contributed by atoms with E-state index in [9.17, 15) is 0 Å². The average molecular weight is 660 g/mol. The van der Waals surface area contributed by atoms with Crippen LogP contribution < -0.4 is 21.2 Å². The van der Waals surface area contributed by atoms with Crippen LogP contribution in [0.15, 0.2) is 157 Å². The summed E-state index contributed by atoms with van der Waals surface area (Å²) in [4.78, 5) is 0.905. The van der Waals surface area contributed by atoms with Gasteiger partial charge in [-0.3, -0.25) is 0 Å². The van der Waals surface area contributed by atoms with Crippen molar-refractivity contribution in [2.24, 2.45) is 0 Å². The van der Waals surface area contributed by atoms with Crippen LogP contribution in [-0.4, -0.2) is 5.90 Å². The van der Waals surface area contributed by atoms with E-state index in [1.807, 2.05) is 62.4 Å². The van der Waals surface area contributed by atoms with Crippen LogP contribution in [0, 0.1) is 32.1 Å². The quantitative estimate of drug-likeness (QED) is 0.102. The van der Waals surface area contributed by atoms with Crippen molar-refractivity contribution in [3.05, 3.63) is 184 Å². The molecule has 0 N–H and O–H groups in total. The van der Waals surface area contributed by atoms with Gasteiger partial charge in [0.1, 0.15) is 0 Å². The van der Waals surface area contributed by atoms with Gasteiger partial charge in [0.25, 0.3) is 0 Å².